The second kappa shape index (κ2) is 9.09. The van der Waals surface area contributed by atoms with E-state index in [9.17, 15) is 9.59 Å². The maximum atomic E-state index is 12.8. The van der Waals surface area contributed by atoms with Crippen molar-refractivity contribution in [1.29, 1.82) is 0 Å². The zero-order valence-corrected chi connectivity index (χ0v) is 17.0. The molecule has 2 aliphatic heterocycles. The van der Waals surface area contributed by atoms with E-state index in [2.05, 4.69) is 11.4 Å². The molecule has 3 aliphatic rings. The molecule has 0 saturated carbocycles. The number of benzene rings is 1. The Balaban J connectivity index is 1.26. The van der Waals surface area contributed by atoms with Crippen molar-refractivity contribution in [3.05, 3.63) is 47.0 Å². The highest BCUT2D eigenvalue weighted by molar-refractivity contribution is 5.97. The minimum Gasteiger partial charge on any atom is -0.352 e. The lowest BCUT2D eigenvalue weighted by Crippen LogP contribution is -2.47. The zero-order valence-electron chi connectivity index (χ0n) is 17.0. The maximum absolute atomic E-state index is 12.8. The number of rotatable bonds is 5. The lowest BCUT2D eigenvalue weighted by atomic mass is 9.97. The number of nitrogens with zero attached hydrogens (tertiary/aromatic N) is 1. The minimum atomic E-state index is -0.480. The van der Waals surface area contributed by atoms with Gasteiger partial charge in [0.2, 0.25) is 0 Å². The molecule has 1 aromatic rings. The molecular formula is C23H30N2O4. The summed E-state index contributed by atoms with van der Waals surface area (Å²) in [5.74, 6) is -0.572. The molecule has 0 bridgehead atoms. The van der Waals surface area contributed by atoms with Crippen LogP contribution in [-0.4, -0.2) is 55.3 Å². The Kier molecular flexibility index (Phi) is 6.31. The fourth-order valence-corrected chi connectivity index (χ4v) is 4.35. The van der Waals surface area contributed by atoms with Gasteiger partial charge in [0.05, 0.1) is 13.2 Å². The van der Waals surface area contributed by atoms with Crippen LogP contribution < -0.4 is 5.32 Å². The van der Waals surface area contributed by atoms with Crippen LogP contribution in [0.3, 0.4) is 0 Å². The van der Waals surface area contributed by atoms with Crippen LogP contribution in [0.15, 0.2) is 35.9 Å². The first-order valence-corrected chi connectivity index (χ1v) is 10.8. The molecule has 0 unspecified atom stereocenters. The van der Waals surface area contributed by atoms with Crippen LogP contribution >= 0.6 is 0 Å². The number of allylic oxidation sites excluding steroid dienone is 1. The van der Waals surface area contributed by atoms with Crippen molar-refractivity contribution >= 4 is 11.8 Å². The van der Waals surface area contributed by atoms with Gasteiger partial charge < -0.3 is 19.7 Å². The number of amides is 2. The Bertz CT molecular complexity index is 756. The van der Waals surface area contributed by atoms with Crippen molar-refractivity contribution in [2.45, 2.75) is 50.7 Å². The van der Waals surface area contributed by atoms with E-state index in [4.69, 9.17) is 9.47 Å². The van der Waals surface area contributed by atoms with Gasteiger partial charge >= 0.3 is 0 Å². The molecule has 29 heavy (non-hydrogen) atoms. The van der Waals surface area contributed by atoms with E-state index in [0.717, 1.165) is 19.3 Å². The third-order valence-electron chi connectivity index (χ3n) is 6.14. The second-order valence-electron chi connectivity index (χ2n) is 8.09. The first-order valence-electron chi connectivity index (χ1n) is 10.8. The molecule has 1 spiro atoms. The first-order chi connectivity index (χ1) is 14.2. The molecule has 2 fully saturated rings. The lowest BCUT2D eigenvalue weighted by molar-refractivity contribution is -0.181. The van der Waals surface area contributed by atoms with Gasteiger partial charge in [-0.3, -0.25) is 9.59 Å². The van der Waals surface area contributed by atoms with Crippen LogP contribution in [0.2, 0.25) is 0 Å². The van der Waals surface area contributed by atoms with Crippen molar-refractivity contribution < 1.29 is 19.1 Å². The molecule has 2 amide bonds. The SMILES string of the molecule is O=C(NCCC1=CCCCC1)c1ccc(C(=O)N2CCC3(CC2)OCCO3)cc1. The van der Waals surface area contributed by atoms with E-state index in [-0.39, 0.29) is 11.8 Å². The molecule has 0 aromatic heterocycles. The summed E-state index contributed by atoms with van der Waals surface area (Å²) < 4.78 is 11.4. The maximum Gasteiger partial charge on any atom is 0.253 e. The van der Waals surface area contributed by atoms with Crippen LogP contribution in [0.1, 0.15) is 65.7 Å². The van der Waals surface area contributed by atoms with Crippen LogP contribution in [0.25, 0.3) is 0 Å². The molecule has 1 aromatic carbocycles. The fourth-order valence-electron chi connectivity index (χ4n) is 4.35. The van der Waals surface area contributed by atoms with Gasteiger partial charge in [-0.15, -0.1) is 0 Å². The van der Waals surface area contributed by atoms with Crippen LogP contribution in [0, 0.1) is 0 Å². The molecule has 6 nitrogen and oxygen atoms in total. The summed E-state index contributed by atoms with van der Waals surface area (Å²) in [7, 11) is 0. The molecular weight excluding hydrogens is 368 g/mol. The van der Waals surface area contributed by atoms with Gasteiger partial charge in [-0.1, -0.05) is 11.6 Å². The summed E-state index contributed by atoms with van der Waals surface area (Å²) in [6.07, 6.45) is 9.49. The molecule has 2 saturated heterocycles. The monoisotopic (exact) mass is 398 g/mol. The number of hydrogen-bond acceptors (Lipinski definition) is 4. The Labute approximate surface area is 172 Å². The molecule has 156 valence electrons. The van der Waals surface area contributed by atoms with Gasteiger partial charge in [-0.25, -0.2) is 0 Å². The highest BCUT2D eigenvalue weighted by Gasteiger charge is 2.40. The average Bonchev–Trinajstić information content (AvgIpc) is 3.22. The smallest absolute Gasteiger partial charge is 0.253 e. The van der Waals surface area contributed by atoms with Gasteiger partial charge in [-0.05, 0) is 56.4 Å². The van der Waals surface area contributed by atoms with E-state index < -0.39 is 5.79 Å². The van der Waals surface area contributed by atoms with Crippen molar-refractivity contribution in [2.75, 3.05) is 32.8 Å². The van der Waals surface area contributed by atoms with Crippen molar-refractivity contribution in [3.8, 4) is 0 Å². The number of carbonyl (C=O) groups is 2. The molecule has 1 aliphatic carbocycles. The quantitative estimate of drug-likeness (QED) is 0.773. The van der Waals surface area contributed by atoms with E-state index >= 15 is 0 Å². The summed E-state index contributed by atoms with van der Waals surface area (Å²) in [5.41, 5.74) is 2.65. The van der Waals surface area contributed by atoms with Gasteiger partial charge in [0.1, 0.15) is 0 Å². The Morgan fingerprint density at radius 2 is 1.69 bits per heavy atom. The summed E-state index contributed by atoms with van der Waals surface area (Å²) in [6, 6.07) is 6.95. The molecule has 0 atom stereocenters. The topological polar surface area (TPSA) is 67.9 Å². The highest BCUT2D eigenvalue weighted by atomic mass is 16.7. The third-order valence-corrected chi connectivity index (χ3v) is 6.14. The third kappa shape index (κ3) is 4.87. The summed E-state index contributed by atoms with van der Waals surface area (Å²) >= 11 is 0. The summed E-state index contributed by atoms with van der Waals surface area (Å²) in [4.78, 5) is 27.0. The number of ether oxygens (including phenoxy) is 2. The van der Waals surface area contributed by atoms with E-state index in [0.29, 0.717) is 56.8 Å². The number of nitrogens with one attached hydrogen (secondary N) is 1. The van der Waals surface area contributed by atoms with Gasteiger partial charge in [0.15, 0.2) is 5.79 Å². The van der Waals surface area contributed by atoms with E-state index in [1.54, 1.807) is 24.3 Å². The molecule has 6 heteroatoms. The van der Waals surface area contributed by atoms with E-state index in [1.807, 2.05) is 4.90 Å². The summed E-state index contributed by atoms with van der Waals surface area (Å²) in [6.45, 7) is 3.17. The Morgan fingerprint density at radius 3 is 2.34 bits per heavy atom. The molecule has 2 heterocycles. The zero-order chi connectivity index (χ0) is 20.1. The number of likely N-dealkylation sites (tertiary alicyclic amines) is 1. The predicted octanol–water partition coefficient (Wildman–Crippen LogP) is 3.29. The second-order valence-corrected chi connectivity index (χ2v) is 8.09. The van der Waals surface area contributed by atoms with Crippen molar-refractivity contribution in [3.63, 3.8) is 0 Å². The fraction of sp³-hybridized carbons (Fsp3) is 0.565. The van der Waals surface area contributed by atoms with E-state index in [1.165, 1.54) is 18.4 Å². The van der Waals surface area contributed by atoms with Gasteiger partial charge in [-0.2, -0.15) is 0 Å². The number of carbonyl (C=O) groups excluding carboxylic acids is 2. The Hall–Kier alpha value is -2.18. The standard InChI is InChI=1S/C23H30N2O4/c26-21(24-13-10-18-4-2-1-3-5-18)19-6-8-20(9-7-19)22(27)25-14-11-23(12-15-25)28-16-17-29-23/h4,6-9H,1-3,5,10-17H2,(H,24,26). The van der Waals surface area contributed by atoms with Crippen LogP contribution in [0.5, 0.6) is 0 Å². The summed E-state index contributed by atoms with van der Waals surface area (Å²) in [5, 5.41) is 2.98. The van der Waals surface area contributed by atoms with Crippen LogP contribution in [0.4, 0.5) is 0 Å². The number of hydrogen-bond donors (Lipinski definition) is 1. The average molecular weight is 399 g/mol. The highest BCUT2D eigenvalue weighted by Crippen LogP contribution is 2.31. The van der Waals surface area contributed by atoms with Crippen molar-refractivity contribution in [1.82, 2.24) is 10.2 Å². The first kappa shape index (κ1) is 20.1. The predicted molar refractivity (Wildman–Crippen MR) is 110 cm³/mol. The minimum absolute atomic E-state index is 0.00552. The normalized spacial score (nSPS) is 21.1. The van der Waals surface area contributed by atoms with Crippen LogP contribution in [-0.2, 0) is 9.47 Å². The number of piperidine rings is 1. The Morgan fingerprint density at radius 1 is 1.00 bits per heavy atom. The molecule has 1 N–H and O–H groups in total. The molecule has 4 rings (SSSR count). The van der Waals surface area contributed by atoms with Gasteiger partial charge in [0.25, 0.3) is 11.8 Å². The van der Waals surface area contributed by atoms with Gasteiger partial charge in [0, 0.05) is 43.6 Å². The lowest BCUT2D eigenvalue weighted by Gasteiger charge is -2.37. The largest absolute Gasteiger partial charge is 0.352 e. The molecule has 0 radical (unpaired) electrons. The van der Waals surface area contributed by atoms with Crippen molar-refractivity contribution in [2.24, 2.45) is 0 Å².